The Kier molecular flexibility index (Phi) is 6.21. The Hall–Kier alpha value is -3.08. The van der Waals surface area contributed by atoms with E-state index in [9.17, 15) is 9.59 Å². The van der Waals surface area contributed by atoms with E-state index in [1.165, 1.54) is 6.42 Å². The number of nitrogens with one attached hydrogen (secondary N) is 1. The topological polar surface area (TPSA) is 55.5 Å². The number of fused-ring (bicyclic) bond motifs is 5. The molecule has 1 N–H and O–H groups in total. The third-order valence-electron chi connectivity index (χ3n) is 7.19. The summed E-state index contributed by atoms with van der Waals surface area (Å²) in [5.41, 5.74) is 2.33. The minimum Gasteiger partial charge on any atom is -0.352 e. The number of carbonyl (C=O) groups is 1. The lowest BCUT2D eigenvalue weighted by atomic mass is 9.95. The summed E-state index contributed by atoms with van der Waals surface area (Å²) in [5, 5.41) is 5.28. The van der Waals surface area contributed by atoms with Crippen molar-refractivity contribution in [3.05, 3.63) is 65.1 Å². The molecule has 4 aromatic rings. The largest absolute Gasteiger partial charge is 0.352 e. The van der Waals surface area contributed by atoms with Gasteiger partial charge in [0.15, 0.2) is 0 Å². The fraction of sp³-hybridized carbons (Fsp3) is 0.429. The van der Waals surface area contributed by atoms with E-state index < -0.39 is 6.04 Å². The first kappa shape index (κ1) is 21.7. The first-order valence-corrected chi connectivity index (χ1v) is 12.5. The van der Waals surface area contributed by atoms with Gasteiger partial charge in [-0.15, -0.1) is 0 Å². The Bertz CT molecular complexity index is 1340. The SMILES string of the molecule is CCCCCC(C(=O)NC1CCCCC1)n1c(=O)c2c3ccccc3cn2c2ccccc21. The van der Waals surface area contributed by atoms with Crippen LogP contribution in [0.3, 0.4) is 0 Å². The molecule has 33 heavy (non-hydrogen) atoms. The predicted octanol–water partition coefficient (Wildman–Crippen LogP) is 5.98. The summed E-state index contributed by atoms with van der Waals surface area (Å²) in [4.78, 5) is 27.7. The highest BCUT2D eigenvalue weighted by molar-refractivity contribution is 6.00. The molecule has 5 nitrogen and oxygen atoms in total. The predicted molar refractivity (Wildman–Crippen MR) is 135 cm³/mol. The van der Waals surface area contributed by atoms with Crippen molar-refractivity contribution in [2.75, 3.05) is 0 Å². The number of para-hydroxylation sites is 2. The maximum Gasteiger partial charge on any atom is 0.276 e. The normalized spacial score (nSPS) is 15.9. The molecule has 2 aromatic carbocycles. The van der Waals surface area contributed by atoms with Crippen LogP contribution in [0.5, 0.6) is 0 Å². The lowest BCUT2D eigenvalue weighted by molar-refractivity contribution is -0.125. The van der Waals surface area contributed by atoms with Gasteiger partial charge in [0.1, 0.15) is 11.6 Å². The average Bonchev–Trinajstić information content (AvgIpc) is 3.24. The number of unbranched alkanes of at least 4 members (excludes halogenated alkanes) is 2. The van der Waals surface area contributed by atoms with Crippen LogP contribution in [0, 0.1) is 0 Å². The summed E-state index contributed by atoms with van der Waals surface area (Å²) in [5.74, 6) is -0.00883. The monoisotopic (exact) mass is 443 g/mol. The van der Waals surface area contributed by atoms with Crippen LogP contribution < -0.4 is 10.9 Å². The van der Waals surface area contributed by atoms with Crippen molar-refractivity contribution >= 4 is 33.2 Å². The van der Waals surface area contributed by atoms with Crippen molar-refractivity contribution in [1.82, 2.24) is 14.3 Å². The number of amides is 1. The highest BCUT2D eigenvalue weighted by atomic mass is 16.2. The molecule has 0 aliphatic heterocycles. The van der Waals surface area contributed by atoms with E-state index in [-0.39, 0.29) is 17.5 Å². The van der Waals surface area contributed by atoms with Crippen LogP contribution in [-0.4, -0.2) is 20.9 Å². The van der Waals surface area contributed by atoms with Gasteiger partial charge in [-0.3, -0.25) is 14.2 Å². The molecule has 1 aliphatic carbocycles. The van der Waals surface area contributed by atoms with Gasteiger partial charge in [-0.05, 0) is 31.4 Å². The van der Waals surface area contributed by atoms with Crippen LogP contribution in [0.4, 0.5) is 0 Å². The second-order valence-electron chi connectivity index (χ2n) is 9.45. The van der Waals surface area contributed by atoms with Gasteiger partial charge in [0, 0.05) is 23.0 Å². The molecule has 1 fully saturated rings. The summed E-state index contributed by atoms with van der Waals surface area (Å²) in [6.45, 7) is 2.16. The van der Waals surface area contributed by atoms with E-state index in [0.29, 0.717) is 11.9 Å². The molecule has 172 valence electrons. The average molecular weight is 444 g/mol. The van der Waals surface area contributed by atoms with Crippen molar-refractivity contribution in [2.24, 2.45) is 0 Å². The van der Waals surface area contributed by atoms with Crippen LogP contribution in [0.1, 0.15) is 70.8 Å². The molecule has 1 atom stereocenters. The minimum atomic E-state index is -0.505. The van der Waals surface area contributed by atoms with Crippen molar-refractivity contribution in [2.45, 2.75) is 76.8 Å². The number of aromatic nitrogens is 2. The summed E-state index contributed by atoms with van der Waals surface area (Å²) in [6.07, 6.45) is 11.4. The quantitative estimate of drug-likeness (QED) is 0.357. The van der Waals surface area contributed by atoms with Gasteiger partial charge in [0.05, 0.1) is 11.0 Å². The molecule has 0 saturated heterocycles. The van der Waals surface area contributed by atoms with E-state index in [1.807, 2.05) is 59.1 Å². The molecule has 2 heterocycles. The van der Waals surface area contributed by atoms with Gasteiger partial charge in [-0.25, -0.2) is 0 Å². The van der Waals surface area contributed by atoms with E-state index in [2.05, 4.69) is 12.2 Å². The minimum absolute atomic E-state index is 0.00883. The number of carbonyl (C=O) groups excluding carboxylic acids is 1. The molecular weight excluding hydrogens is 410 g/mol. The molecule has 1 unspecified atom stereocenters. The Morgan fingerprint density at radius 3 is 2.52 bits per heavy atom. The lowest BCUT2D eigenvalue weighted by Crippen LogP contribution is -2.43. The molecule has 1 amide bonds. The van der Waals surface area contributed by atoms with Gasteiger partial charge in [0.25, 0.3) is 5.56 Å². The van der Waals surface area contributed by atoms with Crippen LogP contribution >= 0.6 is 0 Å². The van der Waals surface area contributed by atoms with E-state index in [4.69, 9.17) is 0 Å². The lowest BCUT2D eigenvalue weighted by Gasteiger charge is -2.27. The maximum absolute atomic E-state index is 14.1. The zero-order chi connectivity index (χ0) is 22.8. The molecule has 5 rings (SSSR count). The first-order valence-electron chi connectivity index (χ1n) is 12.5. The fourth-order valence-corrected chi connectivity index (χ4v) is 5.48. The number of rotatable bonds is 7. The maximum atomic E-state index is 14.1. The highest BCUT2D eigenvalue weighted by Gasteiger charge is 2.27. The molecule has 0 spiro atoms. The third-order valence-corrected chi connectivity index (χ3v) is 7.19. The van der Waals surface area contributed by atoms with Crippen LogP contribution in [-0.2, 0) is 4.79 Å². The molecule has 2 aromatic heterocycles. The number of benzene rings is 2. The van der Waals surface area contributed by atoms with E-state index >= 15 is 0 Å². The van der Waals surface area contributed by atoms with Crippen LogP contribution in [0.15, 0.2) is 59.5 Å². The van der Waals surface area contributed by atoms with Crippen molar-refractivity contribution in [3.63, 3.8) is 0 Å². The Morgan fingerprint density at radius 2 is 1.73 bits per heavy atom. The zero-order valence-electron chi connectivity index (χ0n) is 19.4. The third kappa shape index (κ3) is 4.05. The van der Waals surface area contributed by atoms with Gasteiger partial charge < -0.3 is 9.72 Å². The van der Waals surface area contributed by atoms with Gasteiger partial charge in [-0.2, -0.15) is 0 Å². The van der Waals surface area contributed by atoms with Crippen LogP contribution in [0.2, 0.25) is 0 Å². The summed E-state index contributed by atoms with van der Waals surface area (Å²) in [7, 11) is 0. The molecule has 1 aliphatic rings. The van der Waals surface area contributed by atoms with Gasteiger partial charge in [-0.1, -0.05) is 81.8 Å². The van der Waals surface area contributed by atoms with E-state index in [1.54, 1.807) is 4.57 Å². The smallest absolute Gasteiger partial charge is 0.276 e. The van der Waals surface area contributed by atoms with Crippen molar-refractivity contribution in [1.29, 1.82) is 0 Å². The van der Waals surface area contributed by atoms with Crippen molar-refractivity contribution < 1.29 is 4.79 Å². The second kappa shape index (κ2) is 9.42. The number of hydrogen-bond donors (Lipinski definition) is 1. The van der Waals surface area contributed by atoms with Gasteiger partial charge >= 0.3 is 0 Å². The Balaban J connectivity index is 1.69. The number of nitrogens with zero attached hydrogens (tertiary/aromatic N) is 2. The summed E-state index contributed by atoms with van der Waals surface area (Å²) < 4.78 is 3.78. The zero-order valence-corrected chi connectivity index (χ0v) is 19.4. The van der Waals surface area contributed by atoms with Crippen LogP contribution in [0.25, 0.3) is 27.3 Å². The molecule has 0 bridgehead atoms. The standard InChI is InChI=1S/C28H33N3O2/c1-2-3-5-18-25(27(32)29-21-13-6-4-7-14-21)31-24-17-11-10-16-23(24)30-19-20-12-8-9-15-22(20)26(30)28(31)33/h8-12,15-17,19,21,25H,2-7,13-14,18H2,1H3,(H,29,32). The summed E-state index contributed by atoms with van der Waals surface area (Å²) in [6, 6.07) is 15.7. The molecule has 1 saturated carbocycles. The van der Waals surface area contributed by atoms with E-state index in [0.717, 1.165) is 66.8 Å². The van der Waals surface area contributed by atoms with Gasteiger partial charge in [0.2, 0.25) is 5.91 Å². The second-order valence-corrected chi connectivity index (χ2v) is 9.45. The molecule has 5 heteroatoms. The molecule has 0 radical (unpaired) electrons. The first-order chi connectivity index (χ1) is 16.2. The Labute approximate surface area is 194 Å². The summed E-state index contributed by atoms with van der Waals surface area (Å²) >= 11 is 0. The highest BCUT2D eigenvalue weighted by Crippen LogP contribution is 2.28. The fourth-order valence-electron chi connectivity index (χ4n) is 5.48. The van der Waals surface area contributed by atoms with Crippen molar-refractivity contribution in [3.8, 4) is 0 Å². The number of hydrogen-bond acceptors (Lipinski definition) is 2. The Morgan fingerprint density at radius 1 is 1.00 bits per heavy atom. The molecular formula is C28H33N3O2.